The average Bonchev–Trinajstić information content (AvgIpc) is 3.32. The van der Waals surface area contributed by atoms with Crippen molar-refractivity contribution in [2.24, 2.45) is 11.8 Å². The predicted molar refractivity (Wildman–Crippen MR) is 145 cm³/mol. The van der Waals surface area contributed by atoms with Gasteiger partial charge in [-0.3, -0.25) is 4.98 Å². The fourth-order valence-electron chi connectivity index (χ4n) is 6.27. The van der Waals surface area contributed by atoms with Crippen LogP contribution in [0.2, 0.25) is 0 Å². The molecule has 2 aromatic carbocycles. The van der Waals surface area contributed by atoms with Gasteiger partial charge in [-0.1, -0.05) is 50.3 Å². The summed E-state index contributed by atoms with van der Waals surface area (Å²) >= 11 is 0. The van der Waals surface area contributed by atoms with Crippen LogP contribution < -0.4 is 5.73 Å². The molecule has 0 radical (unpaired) electrons. The van der Waals surface area contributed by atoms with Gasteiger partial charge in [0, 0.05) is 40.5 Å². The van der Waals surface area contributed by atoms with Crippen molar-refractivity contribution in [3.8, 4) is 28.1 Å². The van der Waals surface area contributed by atoms with Gasteiger partial charge in [0.05, 0.1) is 23.6 Å². The molecule has 2 aliphatic rings. The monoisotopic (exact) mass is 485 g/mol. The van der Waals surface area contributed by atoms with Gasteiger partial charge in [-0.2, -0.15) is 5.10 Å². The van der Waals surface area contributed by atoms with E-state index >= 15 is 0 Å². The molecule has 2 N–H and O–H groups in total. The summed E-state index contributed by atoms with van der Waals surface area (Å²) in [4.78, 5) is 20.7. The third-order valence-corrected chi connectivity index (χ3v) is 8.14. The molecule has 0 unspecified atom stereocenters. The van der Waals surface area contributed by atoms with E-state index in [1.54, 1.807) is 12.4 Å². The number of nitrogens with two attached hydrogens (primary N) is 1. The number of benzene rings is 2. The fourth-order valence-corrected chi connectivity index (χ4v) is 6.27. The summed E-state index contributed by atoms with van der Waals surface area (Å²) in [5.41, 5.74) is 13.9. The third-order valence-electron chi connectivity index (χ3n) is 8.14. The summed E-state index contributed by atoms with van der Waals surface area (Å²) < 4.78 is 2.01. The Hall–Kier alpha value is -4.50. The summed E-state index contributed by atoms with van der Waals surface area (Å²) in [5, 5.41) is 5.16. The highest BCUT2D eigenvalue weighted by Crippen LogP contribution is 2.52. The quantitative estimate of drug-likeness (QED) is 0.284. The first-order chi connectivity index (χ1) is 17.9. The molecular weight excluding hydrogens is 458 g/mol. The van der Waals surface area contributed by atoms with Crippen LogP contribution in [-0.2, 0) is 16.6 Å². The molecule has 2 heterocycles. The number of nitrogens with zero attached hydrogens (tertiary/aromatic N) is 4. The molecule has 0 aliphatic heterocycles. The molecule has 2 aliphatic carbocycles. The number of carbonyl (C=O) groups excluding carboxylic acids is 1. The lowest BCUT2D eigenvalue weighted by molar-refractivity contribution is -0.121. The van der Waals surface area contributed by atoms with Crippen LogP contribution in [0.5, 0.6) is 0 Å². The first-order valence-electron chi connectivity index (χ1n) is 12.5. The van der Waals surface area contributed by atoms with Gasteiger partial charge in [-0.25, -0.2) is 9.53 Å². The number of para-hydroxylation sites is 1. The van der Waals surface area contributed by atoms with Crippen molar-refractivity contribution in [1.82, 2.24) is 14.8 Å². The molecule has 0 saturated heterocycles. The predicted octanol–water partition coefficient (Wildman–Crippen LogP) is 6.03. The van der Waals surface area contributed by atoms with Gasteiger partial charge in [0.15, 0.2) is 5.78 Å². The van der Waals surface area contributed by atoms with Gasteiger partial charge in [0.25, 0.3) is 0 Å². The van der Waals surface area contributed by atoms with E-state index in [4.69, 9.17) is 17.4 Å². The Balaban J connectivity index is 1.59. The summed E-state index contributed by atoms with van der Waals surface area (Å²) in [6, 6.07) is 20.1. The number of fused-ring (bicyclic) bond motifs is 3. The molecule has 6 heteroatoms. The van der Waals surface area contributed by atoms with Crippen molar-refractivity contribution in [3.63, 3.8) is 0 Å². The van der Waals surface area contributed by atoms with Crippen LogP contribution in [0.3, 0.4) is 0 Å². The zero-order chi connectivity index (χ0) is 25.7. The van der Waals surface area contributed by atoms with Crippen molar-refractivity contribution in [3.05, 3.63) is 108 Å². The number of pyridine rings is 1. The normalized spacial score (nSPS) is 22.5. The average molecular weight is 486 g/mol. The highest BCUT2D eigenvalue weighted by molar-refractivity contribution is 6.00. The number of hydrogen-bond donors (Lipinski definition) is 1. The lowest BCUT2D eigenvalue weighted by Gasteiger charge is -2.45. The minimum Gasteiger partial charge on any atom is -0.398 e. The second-order valence-electron chi connectivity index (χ2n) is 10.2. The molecular formula is C31H27N5O. The summed E-state index contributed by atoms with van der Waals surface area (Å²) in [6.45, 7) is 11.8. The zero-order valence-corrected chi connectivity index (χ0v) is 20.8. The number of carbonyl (C=O) groups is 1. The largest absolute Gasteiger partial charge is 0.398 e. The molecule has 6 nitrogen and oxygen atoms in total. The van der Waals surface area contributed by atoms with E-state index in [9.17, 15) is 4.79 Å². The summed E-state index contributed by atoms with van der Waals surface area (Å²) in [7, 11) is 0. The maximum absolute atomic E-state index is 12.9. The van der Waals surface area contributed by atoms with Crippen molar-refractivity contribution in [2.45, 2.75) is 32.1 Å². The standard InChI is InChI=1S/C31H27N5O/c1-19-25-13-12-24-28(23-6-4-5-7-26(23)32)35-36(30(24)31(25,2)18-27(33-3)29(19)37)22-10-8-20(9-11-22)21-14-16-34-17-15-21/h4-11,14-19,25H,12-13,32H2,1-2H3/t19-,25-,31-/m1/s1. The van der Waals surface area contributed by atoms with Crippen LogP contribution in [0.25, 0.3) is 32.9 Å². The van der Waals surface area contributed by atoms with Crippen molar-refractivity contribution in [2.75, 3.05) is 5.73 Å². The number of Topliss-reactive ketones (excluding diaryl/α,β-unsaturated/α-hetero) is 1. The lowest BCUT2D eigenvalue weighted by atomic mass is 9.58. The molecule has 2 aromatic heterocycles. The van der Waals surface area contributed by atoms with E-state index in [-0.39, 0.29) is 23.3 Å². The topological polar surface area (TPSA) is 78.2 Å². The Bertz CT molecular complexity index is 1590. The van der Waals surface area contributed by atoms with E-state index in [0.717, 1.165) is 52.2 Å². The molecule has 0 saturated carbocycles. The molecule has 3 atom stereocenters. The van der Waals surface area contributed by atoms with Gasteiger partial charge in [-0.15, -0.1) is 0 Å². The van der Waals surface area contributed by atoms with Gasteiger partial charge >= 0.3 is 0 Å². The number of hydrogen-bond acceptors (Lipinski definition) is 4. The van der Waals surface area contributed by atoms with Gasteiger partial charge in [0.1, 0.15) is 0 Å². The van der Waals surface area contributed by atoms with Crippen LogP contribution in [0, 0.1) is 18.4 Å². The third kappa shape index (κ3) is 3.50. The fraction of sp³-hybridized carbons (Fsp3) is 0.226. The Kier molecular flexibility index (Phi) is 5.31. The first kappa shape index (κ1) is 22.9. The van der Waals surface area contributed by atoms with Gasteiger partial charge < -0.3 is 10.5 Å². The summed E-state index contributed by atoms with van der Waals surface area (Å²) in [6.07, 6.45) is 7.12. The van der Waals surface area contributed by atoms with Crippen LogP contribution in [0.4, 0.5) is 5.69 Å². The SMILES string of the molecule is [C-]#[N+]C1=C[C@@]2(C)c3c(c(-c4ccccc4N)nn3-c3ccc(-c4ccncc4)cc3)CC[C@@H]2[C@@H](C)C1=O. The van der Waals surface area contributed by atoms with Crippen molar-refractivity contribution < 1.29 is 4.79 Å². The maximum atomic E-state index is 12.9. The number of nitrogen functional groups attached to an aromatic ring is 1. The lowest BCUT2D eigenvalue weighted by Crippen LogP contribution is -2.46. The minimum atomic E-state index is -0.515. The van der Waals surface area contributed by atoms with E-state index in [1.807, 2.05) is 54.1 Å². The van der Waals surface area contributed by atoms with Gasteiger partial charge in [-0.05, 0) is 60.2 Å². The van der Waals surface area contributed by atoms with Gasteiger partial charge in [0.2, 0.25) is 5.70 Å². The number of aromatic nitrogens is 3. The molecule has 0 spiro atoms. The summed E-state index contributed by atoms with van der Waals surface area (Å²) in [5.74, 6) is -0.193. The van der Waals surface area contributed by atoms with E-state index in [1.165, 1.54) is 0 Å². The van der Waals surface area contributed by atoms with E-state index in [2.05, 4.69) is 41.0 Å². The van der Waals surface area contributed by atoms with Crippen LogP contribution in [0.15, 0.2) is 84.8 Å². The Morgan fingerprint density at radius 3 is 2.46 bits per heavy atom. The number of allylic oxidation sites excluding steroid dienone is 2. The molecule has 6 rings (SSSR count). The van der Waals surface area contributed by atoms with Crippen LogP contribution >= 0.6 is 0 Å². The molecule has 182 valence electrons. The molecule has 4 aromatic rings. The molecule has 0 bridgehead atoms. The number of rotatable bonds is 3. The highest BCUT2D eigenvalue weighted by Gasteiger charge is 2.50. The van der Waals surface area contributed by atoms with E-state index < -0.39 is 5.41 Å². The zero-order valence-electron chi connectivity index (χ0n) is 20.8. The Labute approximate surface area is 216 Å². The van der Waals surface area contributed by atoms with E-state index in [0.29, 0.717) is 5.69 Å². The van der Waals surface area contributed by atoms with Crippen molar-refractivity contribution >= 4 is 11.5 Å². The minimum absolute atomic E-state index is 0.0544. The smallest absolute Gasteiger partial charge is 0.226 e. The molecule has 37 heavy (non-hydrogen) atoms. The molecule has 0 amide bonds. The maximum Gasteiger partial charge on any atom is 0.226 e. The Morgan fingerprint density at radius 2 is 1.76 bits per heavy atom. The van der Waals surface area contributed by atoms with Crippen molar-refractivity contribution in [1.29, 1.82) is 0 Å². The first-order valence-corrected chi connectivity index (χ1v) is 12.5. The number of ketones is 1. The Morgan fingerprint density at radius 1 is 1.05 bits per heavy atom. The highest BCUT2D eigenvalue weighted by atomic mass is 16.1. The van der Waals surface area contributed by atoms with Crippen LogP contribution in [-0.4, -0.2) is 20.5 Å². The second kappa shape index (κ2) is 8.56. The number of anilines is 1. The van der Waals surface area contributed by atoms with Crippen LogP contribution in [0.1, 0.15) is 31.5 Å². The second-order valence-corrected chi connectivity index (χ2v) is 10.2. The molecule has 0 fully saturated rings.